The van der Waals surface area contributed by atoms with Gasteiger partial charge < -0.3 is 9.47 Å². The first-order valence-corrected chi connectivity index (χ1v) is 7.74. The van der Waals surface area contributed by atoms with Crippen molar-refractivity contribution < 1.29 is 14.3 Å². The third-order valence-corrected chi connectivity index (χ3v) is 3.59. The molecule has 24 heavy (non-hydrogen) atoms. The first kappa shape index (κ1) is 17.8. The lowest BCUT2D eigenvalue weighted by Gasteiger charge is -2.08. The van der Waals surface area contributed by atoms with E-state index in [2.05, 4.69) is 10.5 Å². The smallest absolute Gasteiger partial charge is 0.277 e. The van der Waals surface area contributed by atoms with Crippen molar-refractivity contribution in [3.63, 3.8) is 0 Å². The Morgan fingerprint density at radius 2 is 1.92 bits per heavy atom. The number of hydrogen-bond donors (Lipinski definition) is 1. The maximum absolute atomic E-state index is 11.8. The number of ether oxygens (including phenoxy) is 2. The second kappa shape index (κ2) is 8.36. The zero-order valence-electron chi connectivity index (χ0n) is 13.8. The highest BCUT2D eigenvalue weighted by atomic mass is 35.5. The predicted octanol–water partition coefficient (Wildman–Crippen LogP) is 3.58. The summed E-state index contributed by atoms with van der Waals surface area (Å²) in [5.41, 5.74) is 4.93. The standard InChI is InChI=1S/C18H19ClN2O3/c1-12-10-15(19)6-9-17(12)24-11-18(22)21-20-13(2)14-4-7-16(23-3)8-5-14/h4-10H,11H2,1-3H3,(H,21,22)/b20-13+. The molecular formula is C18H19ClN2O3. The number of aryl methyl sites for hydroxylation is 1. The Balaban J connectivity index is 1.89. The van der Waals surface area contributed by atoms with Gasteiger partial charge in [-0.05, 0) is 67.4 Å². The van der Waals surface area contributed by atoms with Crippen molar-refractivity contribution in [1.29, 1.82) is 0 Å². The lowest BCUT2D eigenvalue weighted by molar-refractivity contribution is -0.123. The van der Waals surface area contributed by atoms with Gasteiger partial charge in [0.25, 0.3) is 5.91 Å². The fraction of sp³-hybridized carbons (Fsp3) is 0.222. The predicted molar refractivity (Wildman–Crippen MR) is 95.0 cm³/mol. The van der Waals surface area contributed by atoms with Gasteiger partial charge in [0, 0.05) is 5.02 Å². The largest absolute Gasteiger partial charge is 0.497 e. The minimum Gasteiger partial charge on any atom is -0.497 e. The molecule has 0 aliphatic rings. The van der Waals surface area contributed by atoms with E-state index in [0.717, 1.165) is 16.9 Å². The summed E-state index contributed by atoms with van der Waals surface area (Å²) < 4.78 is 10.6. The Hall–Kier alpha value is -2.53. The molecule has 1 N–H and O–H groups in total. The van der Waals surface area contributed by atoms with E-state index in [-0.39, 0.29) is 12.5 Å². The number of carbonyl (C=O) groups excluding carboxylic acids is 1. The molecule has 126 valence electrons. The van der Waals surface area contributed by atoms with Gasteiger partial charge >= 0.3 is 0 Å². The van der Waals surface area contributed by atoms with E-state index >= 15 is 0 Å². The average molecular weight is 347 g/mol. The molecule has 0 radical (unpaired) electrons. The molecule has 2 rings (SSSR count). The minimum atomic E-state index is -0.336. The summed E-state index contributed by atoms with van der Waals surface area (Å²) in [6.45, 7) is 3.55. The Kier molecular flexibility index (Phi) is 6.21. The molecule has 0 bridgehead atoms. The van der Waals surface area contributed by atoms with Gasteiger partial charge in [-0.15, -0.1) is 0 Å². The van der Waals surface area contributed by atoms with Crippen LogP contribution in [0.1, 0.15) is 18.1 Å². The average Bonchev–Trinajstić information content (AvgIpc) is 2.59. The summed E-state index contributed by atoms with van der Waals surface area (Å²) in [5.74, 6) is 1.05. The van der Waals surface area contributed by atoms with Crippen LogP contribution in [0.4, 0.5) is 0 Å². The number of hydrogen-bond acceptors (Lipinski definition) is 4. The van der Waals surface area contributed by atoms with Crippen molar-refractivity contribution in [2.75, 3.05) is 13.7 Å². The number of rotatable bonds is 6. The van der Waals surface area contributed by atoms with Gasteiger partial charge in [0.2, 0.25) is 0 Å². The zero-order chi connectivity index (χ0) is 17.5. The third-order valence-electron chi connectivity index (χ3n) is 3.35. The molecule has 0 fully saturated rings. The highest BCUT2D eigenvalue weighted by Crippen LogP contribution is 2.21. The number of halogens is 1. The number of nitrogens with zero attached hydrogens (tertiary/aromatic N) is 1. The van der Waals surface area contributed by atoms with Gasteiger partial charge in [-0.3, -0.25) is 4.79 Å². The number of hydrazone groups is 1. The lowest BCUT2D eigenvalue weighted by Crippen LogP contribution is -2.25. The summed E-state index contributed by atoms with van der Waals surface area (Å²) in [6.07, 6.45) is 0. The third kappa shape index (κ3) is 4.99. The monoisotopic (exact) mass is 346 g/mol. The molecule has 0 aromatic heterocycles. The van der Waals surface area contributed by atoms with E-state index < -0.39 is 0 Å². The molecule has 0 aliphatic heterocycles. The molecule has 0 heterocycles. The summed E-state index contributed by atoms with van der Waals surface area (Å²) in [5, 5.41) is 4.70. The van der Waals surface area contributed by atoms with Gasteiger partial charge in [-0.25, -0.2) is 5.43 Å². The van der Waals surface area contributed by atoms with Crippen molar-refractivity contribution in [2.24, 2.45) is 5.10 Å². The number of amides is 1. The van der Waals surface area contributed by atoms with Gasteiger partial charge in [0.1, 0.15) is 11.5 Å². The topological polar surface area (TPSA) is 59.9 Å². The van der Waals surface area contributed by atoms with Crippen molar-refractivity contribution in [1.82, 2.24) is 5.43 Å². The van der Waals surface area contributed by atoms with Crippen molar-refractivity contribution in [3.8, 4) is 11.5 Å². The van der Waals surface area contributed by atoms with E-state index in [1.165, 1.54) is 0 Å². The number of methoxy groups -OCH3 is 1. The first-order chi connectivity index (χ1) is 11.5. The van der Waals surface area contributed by atoms with Crippen LogP contribution in [0.3, 0.4) is 0 Å². The first-order valence-electron chi connectivity index (χ1n) is 7.36. The molecule has 5 nitrogen and oxygen atoms in total. The molecule has 0 spiro atoms. The van der Waals surface area contributed by atoms with Crippen LogP contribution in [0.15, 0.2) is 47.6 Å². The van der Waals surface area contributed by atoms with Crippen LogP contribution in [0, 0.1) is 6.92 Å². The summed E-state index contributed by atoms with van der Waals surface area (Å²) in [4.78, 5) is 11.8. The van der Waals surface area contributed by atoms with E-state index in [9.17, 15) is 4.79 Å². The number of carbonyl (C=O) groups is 1. The zero-order valence-corrected chi connectivity index (χ0v) is 14.6. The van der Waals surface area contributed by atoms with Gasteiger partial charge in [0.15, 0.2) is 6.61 Å². The number of benzene rings is 2. The van der Waals surface area contributed by atoms with Crippen LogP contribution in [-0.4, -0.2) is 25.3 Å². The summed E-state index contributed by atoms with van der Waals surface area (Å²) >= 11 is 5.88. The molecule has 1 amide bonds. The van der Waals surface area contributed by atoms with Crippen LogP contribution in [-0.2, 0) is 4.79 Å². The van der Waals surface area contributed by atoms with E-state index in [1.807, 2.05) is 38.1 Å². The van der Waals surface area contributed by atoms with Gasteiger partial charge in [0.05, 0.1) is 12.8 Å². The highest BCUT2D eigenvalue weighted by Gasteiger charge is 2.05. The molecule has 0 saturated heterocycles. The summed E-state index contributed by atoms with van der Waals surface area (Å²) in [7, 11) is 1.61. The number of nitrogens with one attached hydrogen (secondary N) is 1. The Morgan fingerprint density at radius 1 is 1.21 bits per heavy atom. The van der Waals surface area contributed by atoms with Crippen LogP contribution >= 0.6 is 11.6 Å². The molecule has 0 atom stereocenters. The Labute approximate surface area is 146 Å². The maximum atomic E-state index is 11.8. The molecule has 0 saturated carbocycles. The van der Waals surface area contributed by atoms with Crippen molar-refractivity contribution in [3.05, 3.63) is 58.6 Å². The highest BCUT2D eigenvalue weighted by molar-refractivity contribution is 6.30. The molecule has 2 aromatic carbocycles. The normalized spacial score (nSPS) is 11.1. The summed E-state index contributed by atoms with van der Waals surface area (Å²) in [6, 6.07) is 12.6. The fourth-order valence-electron chi connectivity index (χ4n) is 1.99. The van der Waals surface area contributed by atoms with E-state index in [1.54, 1.807) is 25.3 Å². The van der Waals surface area contributed by atoms with Crippen LogP contribution in [0.25, 0.3) is 0 Å². The minimum absolute atomic E-state index is 0.123. The van der Waals surface area contributed by atoms with E-state index in [4.69, 9.17) is 21.1 Å². The van der Waals surface area contributed by atoms with E-state index in [0.29, 0.717) is 16.5 Å². The molecular weight excluding hydrogens is 328 g/mol. The molecule has 0 aliphatic carbocycles. The van der Waals surface area contributed by atoms with Gasteiger partial charge in [-0.2, -0.15) is 5.10 Å². The van der Waals surface area contributed by atoms with Crippen molar-refractivity contribution in [2.45, 2.75) is 13.8 Å². The van der Waals surface area contributed by atoms with Crippen LogP contribution in [0.5, 0.6) is 11.5 Å². The quantitative estimate of drug-likeness (QED) is 0.642. The second-order valence-electron chi connectivity index (χ2n) is 5.16. The lowest BCUT2D eigenvalue weighted by atomic mass is 10.1. The Bertz CT molecular complexity index is 742. The molecule has 0 unspecified atom stereocenters. The fourth-order valence-corrected chi connectivity index (χ4v) is 2.22. The molecule has 2 aromatic rings. The maximum Gasteiger partial charge on any atom is 0.277 e. The van der Waals surface area contributed by atoms with Crippen LogP contribution in [0.2, 0.25) is 5.02 Å². The second-order valence-corrected chi connectivity index (χ2v) is 5.60. The Morgan fingerprint density at radius 3 is 2.54 bits per heavy atom. The molecule has 6 heteroatoms. The van der Waals surface area contributed by atoms with Crippen molar-refractivity contribution >= 4 is 23.2 Å². The SMILES string of the molecule is COc1ccc(/C(C)=N/NC(=O)COc2ccc(Cl)cc2C)cc1. The van der Waals surface area contributed by atoms with Gasteiger partial charge in [-0.1, -0.05) is 11.6 Å². The van der Waals surface area contributed by atoms with Crippen LogP contribution < -0.4 is 14.9 Å².